The Morgan fingerprint density at radius 3 is 2.60 bits per heavy atom. The molecule has 0 amide bonds. The van der Waals surface area contributed by atoms with E-state index in [-0.39, 0.29) is 0 Å². The molecule has 0 saturated heterocycles. The lowest BCUT2D eigenvalue weighted by Gasteiger charge is -2.44. The van der Waals surface area contributed by atoms with Gasteiger partial charge in [-0.2, -0.15) is 0 Å². The van der Waals surface area contributed by atoms with Crippen LogP contribution in [0, 0.1) is 18.3 Å². The van der Waals surface area contributed by atoms with E-state index in [1.54, 1.807) is 0 Å². The highest BCUT2D eigenvalue weighted by Crippen LogP contribution is 2.31. The number of nitrogens with one attached hydrogen (secondary N) is 1. The molecular formula is C13H24N2. The van der Waals surface area contributed by atoms with Crippen LogP contribution in [0.4, 0.5) is 0 Å². The lowest BCUT2D eigenvalue weighted by atomic mass is 9.78. The monoisotopic (exact) mass is 208 g/mol. The van der Waals surface area contributed by atoms with Crippen LogP contribution in [0.2, 0.25) is 0 Å². The standard InChI is InChI=1S/C13H24N2/c1-5-9-15(6-2)13-8-7-12(13)10-14-11(3)4/h1,11-14H,6-10H2,2-4H3. The molecule has 0 aromatic rings. The zero-order valence-electron chi connectivity index (χ0n) is 10.3. The lowest BCUT2D eigenvalue weighted by molar-refractivity contribution is 0.0763. The van der Waals surface area contributed by atoms with Crippen molar-refractivity contribution in [3.63, 3.8) is 0 Å². The first-order chi connectivity index (χ1) is 7.19. The molecule has 0 heterocycles. The Morgan fingerprint density at radius 2 is 2.20 bits per heavy atom. The second-order valence-electron chi connectivity index (χ2n) is 4.73. The molecule has 1 aliphatic rings. The Bertz CT molecular complexity index is 217. The number of hydrogen-bond acceptors (Lipinski definition) is 2. The fourth-order valence-corrected chi connectivity index (χ4v) is 2.24. The maximum absolute atomic E-state index is 5.38. The molecule has 2 unspecified atom stereocenters. The van der Waals surface area contributed by atoms with E-state index in [1.165, 1.54) is 12.8 Å². The topological polar surface area (TPSA) is 15.3 Å². The van der Waals surface area contributed by atoms with Crippen LogP contribution >= 0.6 is 0 Å². The van der Waals surface area contributed by atoms with Gasteiger partial charge in [0.15, 0.2) is 0 Å². The number of rotatable bonds is 6. The predicted octanol–water partition coefficient (Wildman–Crippen LogP) is 1.72. The first kappa shape index (κ1) is 12.5. The van der Waals surface area contributed by atoms with Crippen molar-refractivity contribution < 1.29 is 0 Å². The van der Waals surface area contributed by atoms with E-state index in [4.69, 9.17) is 6.42 Å². The third-order valence-electron chi connectivity index (χ3n) is 3.34. The van der Waals surface area contributed by atoms with Gasteiger partial charge < -0.3 is 5.32 Å². The summed E-state index contributed by atoms with van der Waals surface area (Å²) in [4.78, 5) is 2.43. The zero-order valence-corrected chi connectivity index (χ0v) is 10.3. The van der Waals surface area contributed by atoms with Gasteiger partial charge in [-0.25, -0.2) is 0 Å². The molecule has 0 bridgehead atoms. The molecule has 0 radical (unpaired) electrons. The highest BCUT2D eigenvalue weighted by atomic mass is 15.2. The molecule has 0 spiro atoms. The van der Waals surface area contributed by atoms with Crippen molar-refractivity contribution in [1.29, 1.82) is 0 Å². The van der Waals surface area contributed by atoms with E-state index < -0.39 is 0 Å². The second kappa shape index (κ2) is 6.15. The van der Waals surface area contributed by atoms with Gasteiger partial charge in [0.2, 0.25) is 0 Å². The van der Waals surface area contributed by atoms with Crippen molar-refractivity contribution in [2.75, 3.05) is 19.6 Å². The molecular weight excluding hydrogens is 184 g/mol. The van der Waals surface area contributed by atoms with Crippen LogP contribution in [-0.4, -0.2) is 36.6 Å². The Labute approximate surface area is 94.4 Å². The summed E-state index contributed by atoms with van der Waals surface area (Å²) in [5.74, 6) is 3.56. The van der Waals surface area contributed by atoms with Gasteiger partial charge in [-0.05, 0) is 31.8 Å². The summed E-state index contributed by atoms with van der Waals surface area (Å²) in [6, 6.07) is 1.31. The molecule has 1 fully saturated rings. The van der Waals surface area contributed by atoms with E-state index in [0.717, 1.165) is 31.6 Å². The van der Waals surface area contributed by atoms with Crippen molar-refractivity contribution in [3.05, 3.63) is 0 Å². The third-order valence-corrected chi connectivity index (χ3v) is 3.34. The maximum Gasteiger partial charge on any atom is 0.0601 e. The van der Waals surface area contributed by atoms with Crippen LogP contribution in [0.25, 0.3) is 0 Å². The summed E-state index contributed by atoms with van der Waals surface area (Å²) < 4.78 is 0. The average Bonchev–Trinajstić information content (AvgIpc) is 2.15. The van der Waals surface area contributed by atoms with Gasteiger partial charge in [0.25, 0.3) is 0 Å². The summed E-state index contributed by atoms with van der Waals surface area (Å²) in [7, 11) is 0. The van der Waals surface area contributed by atoms with E-state index in [2.05, 4.69) is 36.9 Å². The molecule has 0 aromatic heterocycles. The molecule has 2 atom stereocenters. The molecule has 0 aliphatic heterocycles. The van der Waals surface area contributed by atoms with Crippen molar-refractivity contribution in [2.45, 2.75) is 45.7 Å². The molecule has 1 rings (SSSR count). The summed E-state index contributed by atoms with van der Waals surface area (Å²) in [6.07, 6.45) is 8.05. The second-order valence-corrected chi connectivity index (χ2v) is 4.73. The summed E-state index contributed by atoms with van der Waals surface area (Å²) in [5.41, 5.74) is 0. The van der Waals surface area contributed by atoms with E-state index in [0.29, 0.717) is 6.04 Å². The van der Waals surface area contributed by atoms with Crippen LogP contribution in [0.1, 0.15) is 33.6 Å². The first-order valence-electron chi connectivity index (χ1n) is 6.09. The van der Waals surface area contributed by atoms with Gasteiger partial charge in [0, 0.05) is 12.1 Å². The maximum atomic E-state index is 5.38. The Hall–Kier alpha value is -0.520. The number of hydrogen-bond donors (Lipinski definition) is 1. The predicted molar refractivity (Wildman–Crippen MR) is 65.7 cm³/mol. The zero-order chi connectivity index (χ0) is 11.3. The molecule has 1 saturated carbocycles. The van der Waals surface area contributed by atoms with Gasteiger partial charge in [0.1, 0.15) is 0 Å². The summed E-state index contributed by atoms with van der Waals surface area (Å²) in [6.45, 7) is 9.62. The number of nitrogens with zero attached hydrogens (tertiary/aromatic N) is 1. The minimum atomic E-state index is 0.592. The number of terminal acetylenes is 1. The van der Waals surface area contributed by atoms with Gasteiger partial charge >= 0.3 is 0 Å². The van der Waals surface area contributed by atoms with Gasteiger partial charge in [-0.1, -0.05) is 26.7 Å². The highest BCUT2D eigenvalue weighted by Gasteiger charge is 2.34. The molecule has 1 N–H and O–H groups in total. The Kier molecular flexibility index (Phi) is 5.14. The van der Waals surface area contributed by atoms with Crippen molar-refractivity contribution in [3.8, 4) is 12.3 Å². The molecule has 1 aliphatic carbocycles. The van der Waals surface area contributed by atoms with Crippen LogP contribution in [0.15, 0.2) is 0 Å². The smallest absolute Gasteiger partial charge is 0.0601 e. The third kappa shape index (κ3) is 3.52. The normalized spacial score (nSPS) is 25.3. The van der Waals surface area contributed by atoms with Crippen LogP contribution in [0.3, 0.4) is 0 Å². The Morgan fingerprint density at radius 1 is 1.47 bits per heavy atom. The SMILES string of the molecule is C#CCN(CC)C1CCC1CNC(C)C. The summed E-state index contributed by atoms with van der Waals surface area (Å²) >= 11 is 0. The van der Waals surface area contributed by atoms with E-state index in [1.807, 2.05) is 0 Å². The van der Waals surface area contributed by atoms with Gasteiger partial charge in [-0.15, -0.1) is 6.42 Å². The molecule has 86 valence electrons. The van der Waals surface area contributed by atoms with E-state index >= 15 is 0 Å². The fraction of sp³-hybridized carbons (Fsp3) is 0.846. The minimum absolute atomic E-state index is 0.592. The minimum Gasteiger partial charge on any atom is -0.314 e. The summed E-state index contributed by atoms with van der Waals surface area (Å²) in [5, 5.41) is 3.52. The van der Waals surface area contributed by atoms with Crippen molar-refractivity contribution in [1.82, 2.24) is 10.2 Å². The van der Waals surface area contributed by atoms with Gasteiger partial charge in [-0.3, -0.25) is 4.90 Å². The average molecular weight is 208 g/mol. The van der Waals surface area contributed by atoms with Crippen molar-refractivity contribution >= 4 is 0 Å². The molecule has 2 heteroatoms. The largest absolute Gasteiger partial charge is 0.314 e. The molecule has 2 nitrogen and oxygen atoms in total. The first-order valence-corrected chi connectivity index (χ1v) is 6.09. The van der Waals surface area contributed by atoms with Crippen LogP contribution in [0.5, 0.6) is 0 Å². The fourth-order valence-electron chi connectivity index (χ4n) is 2.24. The van der Waals surface area contributed by atoms with Crippen LogP contribution in [-0.2, 0) is 0 Å². The van der Waals surface area contributed by atoms with Crippen LogP contribution < -0.4 is 5.32 Å². The van der Waals surface area contributed by atoms with Gasteiger partial charge in [0.05, 0.1) is 6.54 Å². The lowest BCUT2D eigenvalue weighted by Crippen LogP contribution is -2.51. The van der Waals surface area contributed by atoms with E-state index in [9.17, 15) is 0 Å². The Balaban J connectivity index is 2.33. The van der Waals surface area contributed by atoms with Crippen molar-refractivity contribution in [2.24, 2.45) is 5.92 Å². The highest BCUT2D eigenvalue weighted by molar-refractivity contribution is 4.96. The quantitative estimate of drug-likeness (QED) is 0.669. The molecule has 0 aromatic carbocycles. The molecule has 15 heavy (non-hydrogen) atoms.